The van der Waals surface area contributed by atoms with E-state index in [0.29, 0.717) is 23.2 Å². The number of nitrogen functional groups attached to an aromatic ring is 1. The number of nitrogens with two attached hydrogens (primary N) is 1. The van der Waals surface area contributed by atoms with Crippen molar-refractivity contribution in [3.63, 3.8) is 0 Å². The van der Waals surface area contributed by atoms with Gasteiger partial charge in [0.05, 0.1) is 11.3 Å². The predicted octanol–water partition coefficient (Wildman–Crippen LogP) is 0.895. The first-order valence-corrected chi connectivity index (χ1v) is 5.47. The number of pyridine rings is 1. The highest BCUT2D eigenvalue weighted by molar-refractivity contribution is 5.99. The maximum absolute atomic E-state index is 11.9. The Morgan fingerprint density at radius 3 is 3.12 bits per heavy atom. The molecule has 2 rings (SSSR count). The molecule has 0 spiro atoms. The molecule has 5 heteroatoms. The van der Waals surface area contributed by atoms with Gasteiger partial charge in [-0.1, -0.05) is 13.3 Å². The van der Waals surface area contributed by atoms with Gasteiger partial charge in [0.15, 0.2) is 0 Å². The molecule has 1 fully saturated rings. The Morgan fingerprint density at radius 1 is 1.69 bits per heavy atom. The molecule has 1 aliphatic carbocycles. The first-order valence-electron chi connectivity index (χ1n) is 5.47. The van der Waals surface area contributed by atoms with E-state index in [1.165, 1.54) is 6.20 Å². The summed E-state index contributed by atoms with van der Waals surface area (Å²) in [7, 11) is 0. The Hall–Kier alpha value is -1.62. The van der Waals surface area contributed by atoms with E-state index in [9.17, 15) is 4.79 Å². The van der Waals surface area contributed by atoms with Crippen LogP contribution in [-0.4, -0.2) is 16.9 Å². The smallest absolute Gasteiger partial charge is 0.255 e. The molecular formula is C11H16N4O. The van der Waals surface area contributed by atoms with Crippen molar-refractivity contribution < 1.29 is 4.79 Å². The third kappa shape index (κ3) is 2.14. The molecule has 1 amide bonds. The molecule has 86 valence electrons. The molecule has 0 radical (unpaired) electrons. The molecule has 0 aromatic carbocycles. The SMILES string of the molecule is CCC1CC1NC(=O)c1cnccc1NN. The zero-order chi connectivity index (χ0) is 11.5. The summed E-state index contributed by atoms with van der Waals surface area (Å²) in [6.07, 6.45) is 5.31. The summed E-state index contributed by atoms with van der Waals surface area (Å²) in [6, 6.07) is 2.00. The van der Waals surface area contributed by atoms with Crippen LogP contribution in [0, 0.1) is 5.92 Å². The maximum atomic E-state index is 11.9. The number of nitrogens with zero attached hydrogens (tertiary/aromatic N) is 1. The van der Waals surface area contributed by atoms with Crippen molar-refractivity contribution in [1.29, 1.82) is 0 Å². The Balaban J connectivity index is 2.03. The number of carbonyl (C=O) groups excluding carboxylic acids is 1. The van der Waals surface area contributed by atoms with Gasteiger partial charge < -0.3 is 10.7 Å². The molecule has 4 N–H and O–H groups in total. The first kappa shape index (κ1) is 10.9. The van der Waals surface area contributed by atoms with Crippen LogP contribution in [0.3, 0.4) is 0 Å². The van der Waals surface area contributed by atoms with Gasteiger partial charge in [0.2, 0.25) is 0 Å². The normalized spacial score (nSPS) is 22.6. The number of hydrogen-bond acceptors (Lipinski definition) is 4. The highest BCUT2D eigenvalue weighted by atomic mass is 16.1. The molecule has 1 saturated carbocycles. The van der Waals surface area contributed by atoms with Crippen LogP contribution in [-0.2, 0) is 0 Å². The number of nitrogens with one attached hydrogen (secondary N) is 2. The van der Waals surface area contributed by atoms with E-state index >= 15 is 0 Å². The highest BCUT2D eigenvalue weighted by Gasteiger charge is 2.36. The predicted molar refractivity (Wildman–Crippen MR) is 61.7 cm³/mol. The van der Waals surface area contributed by atoms with Crippen LogP contribution in [0.1, 0.15) is 30.1 Å². The van der Waals surface area contributed by atoms with Gasteiger partial charge in [-0.05, 0) is 18.4 Å². The second-order valence-electron chi connectivity index (χ2n) is 4.05. The third-order valence-electron chi connectivity index (χ3n) is 2.98. The minimum absolute atomic E-state index is 0.109. The van der Waals surface area contributed by atoms with Gasteiger partial charge in [-0.25, -0.2) is 0 Å². The summed E-state index contributed by atoms with van der Waals surface area (Å²) >= 11 is 0. The van der Waals surface area contributed by atoms with E-state index < -0.39 is 0 Å². The van der Waals surface area contributed by atoms with E-state index in [1.807, 2.05) is 0 Å². The Kier molecular flexibility index (Phi) is 3.05. The fraction of sp³-hybridized carbons (Fsp3) is 0.455. The fourth-order valence-corrected chi connectivity index (χ4v) is 1.82. The van der Waals surface area contributed by atoms with Gasteiger partial charge in [-0.15, -0.1) is 0 Å². The van der Waals surface area contributed by atoms with Crippen molar-refractivity contribution >= 4 is 11.6 Å². The van der Waals surface area contributed by atoms with Crippen molar-refractivity contribution in [2.24, 2.45) is 11.8 Å². The average Bonchev–Trinajstić information content (AvgIpc) is 3.07. The molecule has 2 unspecified atom stereocenters. The van der Waals surface area contributed by atoms with Crippen LogP contribution < -0.4 is 16.6 Å². The number of hydrogen-bond donors (Lipinski definition) is 3. The quantitative estimate of drug-likeness (QED) is 0.520. The number of anilines is 1. The summed E-state index contributed by atoms with van der Waals surface area (Å²) in [6.45, 7) is 2.13. The molecule has 1 aromatic heterocycles. The Bertz CT molecular complexity index is 393. The molecule has 0 saturated heterocycles. The zero-order valence-corrected chi connectivity index (χ0v) is 9.23. The monoisotopic (exact) mass is 220 g/mol. The first-order chi connectivity index (χ1) is 7.76. The van der Waals surface area contributed by atoms with Crippen molar-refractivity contribution in [2.45, 2.75) is 25.8 Å². The van der Waals surface area contributed by atoms with Crippen LogP contribution >= 0.6 is 0 Å². The Morgan fingerprint density at radius 2 is 2.50 bits per heavy atom. The van der Waals surface area contributed by atoms with Crippen molar-refractivity contribution in [3.8, 4) is 0 Å². The number of carbonyl (C=O) groups is 1. The van der Waals surface area contributed by atoms with Gasteiger partial charge in [0, 0.05) is 18.4 Å². The summed E-state index contributed by atoms with van der Waals surface area (Å²) in [5.41, 5.74) is 3.59. The van der Waals surface area contributed by atoms with E-state index in [0.717, 1.165) is 12.8 Å². The van der Waals surface area contributed by atoms with Crippen molar-refractivity contribution in [3.05, 3.63) is 24.0 Å². The molecule has 16 heavy (non-hydrogen) atoms. The second-order valence-corrected chi connectivity index (χ2v) is 4.05. The van der Waals surface area contributed by atoms with Gasteiger partial charge in [0.25, 0.3) is 5.91 Å². The molecule has 0 aliphatic heterocycles. The summed E-state index contributed by atoms with van der Waals surface area (Å²) in [4.78, 5) is 15.8. The Labute approximate surface area is 94.4 Å². The number of rotatable bonds is 4. The molecule has 1 aliphatic rings. The average molecular weight is 220 g/mol. The van der Waals surface area contributed by atoms with Crippen molar-refractivity contribution in [1.82, 2.24) is 10.3 Å². The topological polar surface area (TPSA) is 80.0 Å². The second kappa shape index (κ2) is 4.49. The number of aromatic nitrogens is 1. The standard InChI is InChI=1S/C11H16N4O/c1-2-7-5-10(7)14-11(16)8-6-13-4-3-9(8)15-12/h3-4,6-7,10H,2,5,12H2,1H3,(H,13,15)(H,14,16). The molecule has 1 aromatic rings. The lowest BCUT2D eigenvalue weighted by Gasteiger charge is -2.08. The number of amides is 1. The van der Waals surface area contributed by atoms with Crippen LogP contribution in [0.5, 0.6) is 0 Å². The molecule has 0 bridgehead atoms. The molecular weight excluding hydrogens is 204 g/mol. The summed E-state index contributed by atoms with van der Waals surface area (Å²) in [5, 5.41) is 2.97. The van der Waals surface area contributed by atoms with Gasteiger partial charge in [0.1, 0.15) is 0 Å². The van der Waals surface area contributed by atoms with Gasteiger partial charge >= 0.3 is 0 Å². The van der Waals surface area contributed by atoms with E-state index in [4.69, 9.17) is 5.84 Å². The lowest BCUT2D eigenvalue weighted by Crippen LogP contribution is -2.28. The van der Waals surface area contributed by atoms with Crippen LogP contribution in [0.25, 0.3) is 0 Å². The summed E-state index contributed by atoms with van der Waals surface area (Å²) in [5.74, 6) is 5.86. The maximum Gasteiger partial charge on any atom is 0.255 e. The van der Waals surface area contributed by atoms with Gasteiger partial charge in [-0.3, -0.25) is 15.6 Å². The van der Waals surface area contributed by atoms with Gasteiger partial charge in [-0.2, -0.15) is 0 Å². The van der Waals surface area contributed by atoms with Crippen LogP contribution in [0.15, 0.2) is 18.5 Å². The largest absolute Gasteiger partial charge is 0.349 e. The fourth-order valence-electron chi connectivity index (χ4n) is 1.82. The lowest BCUT2D eigenvalue weighted by atomic mass is 10.2. The molecule has 2 atom stereocenters. The van der Waals surface area contributed by atoms with E-state index in [-0.39, 0.29) is 5.91 Å². The summed E-state index contributed by atoms with van der Waals surface area (Å²) < 4.78 is 0. The van der Waals surface area contributed by atoms with Crippen molar-refractivity contribution in [2.75, 3.05) is 5.43 Å². The lowest BCUT2D eigenvalue weighted by molar-refractivity contribution is 0.0949. The zero-order valence-electron chi connectivity index (χ0n) is 9.23. The minimum atomic E-state index is -0.109. The molecule has 5 nitrogen and oxygen atoms in total. The van der Waals surface area contributed by atoms with Crippen LogP contribution in [0.4, 0.5) is 5.69 Å². The third-order valence-corrected chi connectivity index (χ3v) is 2.98. The minimum Gasteiger partial charge on any atom is -0.349 e. The van der Waals surface area contributed by atoms with E-state index in [1.54, 1.807) is 12.3 Å². The highest BCUT2D eigenvalue weighted by Crippen LogP contribution is 2.33. The number of hydrazine groups is 1. The molecule has 1 heterocycles. The van der Waals surface area contributed by atoms with E-state index in [2.05, 4.69) is 22.7 Å². The van der Waals surface area contributed by atoms with Crippen LogP contribution in [0.2, 0.25) is 0 Å².